The van der Waals surface area contributed by atoms with Gasteiger partial charge in [0.25, 0.3) is 0 Å². The number of hydrogen-bond acceptors (Lipinski definition) is 3. The first-order valence-corrected chi connectivity index (χ1v) is 6.24. The van der Waals surface area contributed by atoms with Crippen LogP contribution in [-0.4, -0.2) is 34.8 Å². The van der Waals surface area contributed by atoms with E-state index in [1.54, 1.807) is 4.68 Å². The van der Waals surface area contributed by atoms with Crippen molar-refractivity contribution in [3.8, 4) is 0 Å². The lowest BCUT2D eigenvalue weighted by atomic mass is 10.0. The minimum absolute atomic E-state index is 0. The van der Waals surface area contributed by atoms with Crippen LogP contribution in [0.2, 0.25) is 0 Å². The Morgan fingerprint density at radius 1 is 1.61 bits per heavy atom. The van der Waals surface area contributed by atoms with Gasteiger partial charge in [0, 0.05) is 19.8 Å². The van der Waals surface area contributed by atoms with Crippen molar-refractivity contribution in [1.29, 1.82) is 0 Å². The van der Waals surface area contributed by atoms with Gasteiger partial charge in [-0.05, 0) is 31.4 Å². The van der Waals surface area contributed by atoms with Crippen LogP contribution < -0.4 is 10.6 Å². The lowest BCUT2D eigenvalue weighted by Gasteiger charge is -2.22. The molecule has 1 aliphatic rings. The molecule has 0 unspecified atom stereocenters. The zero-order valence-electron chi connectivity index (χ0n) is 10.7. The molecular weight excluding hydrogens is 252 g/mol. The zero-order valence-corrected chi connectivity index (χ0v) is 11.5. The molecule has 0 saturated carbocycles. The molecule has 0 aromatic carbocycles. The molecular formula is C12H21ClN4O. The lowest BCUT2D eigenvalue weighted by Crippen LogP contribution is -2.47. The number of amides is 1. The summed E-state index contributed by atoms with van der Waals surface area (Å²) in [6.45, 7) is 1.64. The fourth-order valence-electron chi connectivity index (χ4n) is 2.13. The fourth-order valence-corrected chi connectivity index (χ4v) is 2.13. The Kier molecular flexibility index (Phi) is 6.15. The number of piperidine rings is 1. The SMILES string of the molecule is Cl.Cn1cc(CCNC(=O)[C@@H]2CCCCN2)cn1. The number of rotatable bonds is 4. The largest absolute Gasteiger partial charge is 0.354 e. The van der Waals surface area contributed by atoms with E-state index < -0.39 is 0 Å². The smallest absolute Gasteiger partial charge is 0.237 e. The molecule has 1 fully saturated rings. The number of nitrogens with zero attached hydrogens (tertiary/aromatic N) is 2. The summed E-state index contributed by atoms with van der Waals surface area (Å²) in [6.07, 6.45) is 7.94. The molecule has 2 rings (SSSR count). The predicted octanol–water partition coefficient (Wildman–Crippen LogP) is 0.643. The van der Waals surface area contributed by atoms with Crippen molar-refractivity contribution in [2.24, 2.45) is 7.05 Å². The number of hydrogen-bond donors (Lipinski definition) is 2. The van der Waals surface area contributed by atoms with Gasteiger partial charge in [-0.3, -0.25) is 9.48 Å². The Morgan fingerprint density at radius 3 is 3.06 bits per heavy atom. The third-order valence-corrected chi connectivity index (χ3v) is 3.10. The number of nitrogens with one attached hydrogen (secondary N) is 2. The van der Waals surface area contributed by atoms with Crippen molar-refractivity contribution in [3.63, 3.8) is 0 Å². The summed E-state index contributed by atoms with van der Waals surface area (Å²) in [7, 11) is 1.90. The molecule has 1 saturated heterocycles. The number of aryl methyl sites for hydroxylation is 1. The van der Waals surface area contributed by atoms with Gasteiger partial charge in [0.2, 0.25) is 5.91 Å². The average molecular weight is 273 g/mol. The highest BCUT2D eigenvalue weighted by Gasteiger charge is 2.19. The molecule has 0 spiro atoms. The Balaban J connectivity index is 0.00000162. The van der Waals surface area contributed by atoms with Crippen molar-refractivity contribution >= 4 is 18.3 Å². The molecule has 1 aliphatic heterocycles. The Morgan fingerprint density at radius 2 is 2.44 bits per heavy atom. The first-order valence-electron chi connectivity index (χ1n) is 6.24. The molecule has 0 bridgehead atoms. The van der Waals surface area contributed by atoms with Crippen LogP contribution in [-0.2, 0) is 18.3 Å². The quantitative estimate of drug-likeness (QED) is 0.846. The van der Waals surface area contributed by atoms with Gasteiger partial charge in [-0.1, -0.05) is 6.42 Å². The molecule has 102 valence electrons. The molecule has 2 N–H and O–H groups in total. The number of aromatic nitrogens is 2. The highest BCUT2D eigenvalue weighted by molar-refractivity contribution is 5.85. The van der Waals surface area contributed by atoms with Crippen molar-refractivity contribution in [2.75, 3.05) is 13.1 Å². The topological polar surface area (TPSA) is 59.0 Å². The summed E-state index contributed by atoms with van der Waals surface area (Å²) in [4.78, 5) is 11.8. The van der Waals surface area contributed by atoms with E-state index in [4.69, 9.17) is 0 Å². The van der Waals surface area contributed by atoms with E-state index in [2.05, 4.69) is 15.7 Å². The van der Waals surface area contributed by atoms with Crippen LogP contribution >= 0.6 is 12.4 Å². The normalized spacial score (nSPS) is 19.1. The van der Waals surface area contributed by atoms with E-state index in [9.17, 15) is 4.79 Å². The predicted molar refractivity (Wildman–Crippen MR) is 72.8 cm³/mol. The zero-order chi connectivity index (χ0) is 12.1. The summed E-state index contributed by atoms with van der Waals surface area (Å²) in [5.74, 6) is 0.133. The molecule has 1 aromatic rings. The van der Waals surface area contributed by atoms with Gasteiger partial charge >= 0.3 is 0 Å². The Bertz CT molecular complexity index is 374. The van der Waals surface area contributed by atoms with Crippen LogP contribution in [0.3, 0.4) is 0 Å². The van der Waals surface area contributed by atoms with Crippen molar-refractivity contribution in [3.05, 3.63) is 18.0 Å². The maximum Gasteiger partial charge on any atom is 0.237 e. The van der Waals surface area contributed by atoms with E-state index in [1.807, 2.05) is 19.4 Å². The second-order valence-corrected chi connectivity index (χ2v) is 4.57. The first-order chi connectivity index (χ1) is 8.25. The van der Waals surface area contributed by atoms with Crippen LogP contribution in [0.1, 0.15) is 24.8 Å². The van der Waals surface area contributed by atoms with Crippen molar-refractivity contribution in [1.82, 2.24) is 20.4 Å². The van der Waals surface area contributed by atoms with Gasteiger partial charge in [0.05, 0.1) is 12.2 Å². The summed E-state index contributed by atoms with van der Waals surface area (Å²) in [5, 5.41) is 10.3. The van der Waals surface area contributed by atoms with Gasteiger partial charge in [-0.25, -0.2) is 0 Å². The summed E-state index contributed by atoms with van der Waals surface area (Å²) in [6, 6.07) is 0.0117. The van der Waals surface area contributed by atoms with Crippen LogP contribution in [0.4, 0.5) is 0 Å². The molecule has 2 heterocycles. The van der Waals surface area contributed by atoms with Gasteiger partial charge in [-0.15, -0.1) is 12.4 Å². The van der Waals surface area contributed by atoms with Crippen LogP contribution in [0, 0.1) is 0 Å². The van der Waals surface area contributed by atoms with Gasteiger partial charge in [-0.2, -0.15) is 5.10 Å². The van der Waals surface area contributed by atoms with E-state index in [1.165, 1.54) is 6.42 Å². The van der Waals surface area contributed by atoms with E-state index in [0.717, 1.165) is 31.4 Å². The first kappa shape index (κ1) is 15.0. The average Bonchev–Trinajstić information content (AvgIpc) is 2.76. The third kappa shape index (κ3) is 4.31. The van der Waals surface area contributed by atoms with Crippen LogP contribution in [0.25, 0.3) is 0 Å². The minimum Gasteiger partial charge on any atom is -0.354 e. The standard InChI is InChI=1S/C12H20N4O.ClH/c1-16-9-10(8-15-16)5-7-14-12(17)11-4-2-3-6-13-11;/h8-9,11,13H,2-7H2,1H3,(H,14,17);1H/t11-;/m0./s1. The highest BCUT2D eigenvalue weighted by atomic mass is 35.5. The monoisotopic (exact) mass is 272 g/mol. The highest BCUT2D eigenvalue weighted by Crippen LogP contribution is 2.06. The summed E-state index contributed by atoms with van der Waals surface area (Å²) < 4.78 is 1.78. The molecule has 5 nitrogen and oxygen atoms in total. The molecule has 1 aromatic heterocycles. The van der Waals surface area contributed by atoms with Crippen molar-refractivity contribution < 1.29 is 4.79 Å². The van der Waals surface area contributed by atoms with Gasteiger partial charge in [0.1, 0.15) is 0 Å². The van der Waals surface area contributed by atoms with E-state index in [0.29, 0.717) is 6.54 Å². The molecule has 0 aliphatic carbocycles. The van der Waals surface area contributed by atoms with E-state index >= 15 is 0 Å². The number of carbonyl (C=O) groups is 1. The third-order valence-electron chi connectivity index (χ3n) is 3.10. The second-order valence-electron chi connectivity index (χ2n) is 4.57. The molecule has 1 atom stereocenters. The van der Waals surface area contributed by atoms with Crippen LogP contribution in [0.5, 0.6) is 0 Å². The molecule has 18 heavy (non-hydrogen) atoms. The van der Waals surface area contributed by atoms with Crippen molar-refractivity contribution in [2.45, 2.75) is 31.7 Å². The van der Waals surface area contributed by atoms with Gasteiger partial charge < -0.3 is 10.6 Å². The maximum absolute atomic E-state index is 11.8. The molecule has 6 heteroatoms. The Labute approximate surface area is 114 Å². The van der Waals surface area contributed by atoms with Gasteiger partial charge in [0.15, 0.2) is 0 Å². The maximum atomic E-state index is 11.8. The number of halogens is 1. The fraction of sp³-hybridized carbons (Fsp3) is 0.667. The summed E-state index contributed by atoms with van der Waals surface area (Å²) in [5.41, 5.74) is 1.16. The Hall–Kier alpha value is -1.07. The van der Waals surface area contributed by atoms with Crippen LogP contribution in [0.15, 0.2) is 12.4 Å². The second kappa shape index (κ2) is 7.38. The minimum atomic E-state index is 0. The number of carbonyl (C=O) groups excluding carboxylic acids is 1. The lowest BCUT2D eigenvalue weighted by molar-refractivity contribution is -0.123. The molecule has 0 radical (unpaired) electrons. The summed E-state index contributed by atoms with van der Waals surface area (Å²) >= 11 is 0. The van der Waals surface area contributed by atoms with E-state index in [-0.39, 0.29) is 24.4 Å². The molecule has 1 amide bonds.